The number of rotatable bonds is 4. The van der Waals surface area contributed by atoms with Gasteiger partial charge in [0, 0.05) is 18.5 Å². The van der Waals surface area contributed by atoms with Gasteiger partial charge < -0.3 is 5.32 Å². The molecule has 8 heteroatoms. The van der Waals surface area contributed by atoms with Crippen LogP contribution >= 0.6 is 0 Å². The highest BCUT2D eigenvalue weighted by molar-refractivity contribution is 6.44. The number of anilines is 2. The molecule has 0 aliphatic carbocycles. The van der Waals surface area contributed by atoms with Crippen LogP contribution in [0.1, 0.15) is 18.4 Å². The Labute approximate surface area is 161 Å². The van der Waals surface area contributed by atoms with Crippen molar-refractivity contribution in [2.75, 3.05) is 10.3 Å². The fourth-order valence-electron chi connectivity index (χ4n) is 2.92. The van der Waals surface area contributed by atoms with E-state index >= 15 is 0 Å². The lowest BCUT2D eigenvalue weighted by atomic mass is 10.1. The van der Waals surface area contributed by atoms with Crippen LogP contribution in [0.2, 0.25) is 0 Å². The summed E-state index contributed by atoms with van der Waals surface area (Å²) in [5.41, 5.74) is 3.47. The van der Waals surface area contributed by atoms with E-state index in [1.807, 2.05) is 37.3 Å². The Hall–Kier alpha value is -3.81. The van der Waals surface area contributed by atoms with Crippen LogP contribution in [-0.4, -0.2) is 32.3 Å². The zero-order chi connectivity index (χ0) is 19.5. The maximum absolute atomic E-state index is 12.6. The SMILES string of the molecule is Cc1cccc(N2N=C(C(=O)Nc3ccc(-n4cncn4)cc3)CCC2=O)c1. The molecule has 0 saturated heterocycles. The fraction of sp³-hybridized carbons (Fsp3) is 0.150. The zero-order valence-electron chi connectivity index (χ0n) is 15.2. The predicted octanol–water partition coefficient (Wildman–Crippen LogP) is 2.70. The summed E-state index contributed by atoms with van der Waals surface area (Å²) >= 11 is 0. The van der Waals surface area contributed by atoms with Gasteiger partial charge in [-0.05, 0) is 48.9 Å². The average molecular weight is 374 g/mol. The van der Waals surface area contributed by atoms with Gasteiger partial charge in [-0.2, -0.15) is 10.2 Å². The van der Waals surface area contributed by atoms with Gasteiger partial charge in [0.1, 0.15) is 18.4 Å². The quantitative estimate of drug-likeness (QED) is 0.760. The maximum atomic E-state index is 12.6. The van der Waals surface area contributed by atoms with Gasteiger partial charge in [-0.15, -0.1) is 0 Å². The summed E-state index contributed by atoms with van der Waals surface area (Å²) in [4.78, 5) is 28.8. The topological polar surface area (TPSA) is 92.5 Å². The third-order valence-corrected chi connectivity index (χ3v) is 4.35. The van der Waals surface area contributed by atoms with Gasteiger partial charge in [0.05, 0.1) is 11.4 Å². The van der Waals surface area contributed by atoms with Crippen molar-refractivity contribution >= 4 is 28.9 Å². The van der Waals surface area contributed by atoms with E-state index in [4.69, 9.17) is 0 Å². The van der Waals surface area contributed by atoms with Gasteiger partial charge in [0.2, 0.25) is 5.91 Å². The monoisotopic (exact) mass is 374 g/mol. The van der Waals surface area contributed by atoms with Gasteiger partial charge in [0.25, 0.3) is 5.91 Å². The number of nitrogens with one attached hydrogen (secondary N) is 1. The Morgan fingerprint density at radius 3 is 2.61 bits per heavy atom. The van der Waals surface area contributed by atoms with Crippen molar-refractivity contribution in [2.45, 2.75) is 19.8 Å². The highest BCUT2D eigenvalue weighted by Gasteiger charge is 2.25. The van der Waals surface area contributed by atoms with Crippen LogP contribution in [0.3, 0.4) is 0 Å². The van der Waals surface area contributed by atoms with Gasteiger partial charge in [-0.1, -0.05) is 12.1 Å². The van der Waals surface area contributed by atoms with Crippen molar-refractivity contribution in [2.24, 2.45) is 5.10 Å². The van der Waals surface area contributed by atoms with E-state index < -0.39 is 0 Å². The Morgan fingerprint density at radius 1 is 1.07 bits per heavy atom. The lowest BCUT2D eigenvalue weighted by molar-refractivity contribution is -0.118. The molecule has 2 amide bonds. The Balaban J connectivity index is 1.51. The van der Waals surface area contributed by atoms with Crippen LogP contribution in [0.5, 0.6) is 0 Å². The van der Waals surface area contributed by atoms with E-state index in [2.05, 4.69) is 20.5 Å². The first-order valence-corrected chi connectivity index (χ1v) is 8.84. The first kappa shape index (κ1) is 17.6. The summed E-state index contributed by atoms with van der Waals surface area (Å²) in [6.07, 6.45) is 3.61. The second kappa shape index (κ2) is 7.43. The molecule has 140 valence electrons. The zero-order valence-corrected chi connectivity index (χ0v) is 15.2. The molecular weight excluding hydrogens is 356 g/mol. The van der Waals surface area contributed by atoms with Crippen LogP contribution < -0.4 is 10.3 Å². The molecule has 2 aromatic carbocycles. The molecule has 1 aliphatic rings. The smallest absolute Gasteiger partial charge is 0.271 e. The van der Waals surface area contributed by atoms with Crippen LogP contribution in [-0.2, 0) is 9.59 Å². The number of hydrogen-bond donors (Lipinski definition) is 1. The maximum Gasteiger partial charge on any atom is 0.271 e. The minimum Gasteiger partial charge on any atom is -0.321 e. The highest BCUT2D eigenvalue weighted by Crippen LogP contribution is 2.22. The van der Waals surface area contributed by atoms with Crippen molar-refractivity contribution in [1.29, 1.82) is 0 Å². The van der Waals surface area contributed by atoms with E-state index in [1.54, 1.807) is 29.2 Å². The molecule has 0 fully saturated rings. The van der Waals surface area contributed by atoms with Gasteiger partial charge >= 0.3 is 0 Å². The molecule has 4 rings (SSSR count). The molecule has 0 bridgehead atoms. The molecule has 1 N–H and O–H groups in total. The molecule has 0 saturated carbocycles. The minimum atomic E-state index is -0.321. The van der Waals surface area contributed by atoms with E-state index in [9.17, 15) is 9.59 Å². The third-order valence-electron chi connectivity index (χ3n) is 4.35. The normalized spacial score (nSPS) is 14.0. The third kappa shape index (κ3) is 3.66. The lowest BCUT2D eigenvalue weighted by Gasteiger charge is -2.23. The number of hydrogen-bond acceptors (Lipinski definition) is 5. The second-order valence-electron chi connectivity index (χ2n) is 6.43. The van der Waals surface area contributed by atoms with Crippen LogP contribution in [0.4, 0.5) is 11.4 Å². The minimum absolute atomic E-state index is 0.126. The number of hydrazone groups is 1. The summed E-state index contributed by atoms with van der Waals surface area (Å²) < 4.78 is 1.63. The predicted molar refractivity (Wildman–Crippen MR) is 105 cm³/mol. The number of carbonyl (C=O) groups excluding carboxylic acids is 2. The number of aryl methyl sites for hydroxylation is 1. The molecule has 2 heterocycles. The molecule has 0 radical (unpaired) electrons. The van der Waals surface area contributed by atoms with Crippen molar-refractivity contribution in [3.05, 3.63) is 66.7 Å². The highest BCUT2D eigenvalue weighted by atomic mass is 16.2. The van der Waals surface area contributed by atoms with Crippen LogP contribution in [0.25, 0.3) is 5.69 Å². The molecule has 3 aromatic rings. The van der Waals surface area contributed by atoms with E-state index in [-0.39, 0.29) is 18.2 Å². The van der Waals surface area contributed by atoms with Gasteiger partial charge in [0.15, 0.2) is 0 Å². The molecule has 28 heavy (non-hydrogen) atoms. The second-order valence-corrected chi connectivity index (χ2v) is 6.43. The lowest BCUT2D eigenvalue weighted by Crippen LogP contribution is -2.36. The Morgan fingerprint density at radius 2 is 1.89 bits per heavy atom. The summed E-state index contributed by atoms with van der Waals surface area (Å²) in [5, 5.41) is 12.5. The molecule has 1 aliphatic heterocycles. The molecule has 8 nitrogen and oxygen atoms in total. The van der Waals surface area contributed by atoms with Crippen molar-refractivity contribution in [1.82, 2.24) is 14.8 Å². The molecule has 1 aromatic heterocycles. The summed E-state index contributed by atoms with van der Waals surface area (Å²) in [6.45, 7) is 1.94. The summed E-state index contributed by atoms with van der Waals surface area (Å²) in [6, 6.07) is 14.7. The van der Waals surface area contributed by atoms with Crippen molar-refractivity contribution in [3.8, 4) is 5.69 Å². The van der Waals surface area contributed by atoms with Crippen LogP contribution in [0.15, 0.2) is 66.3 Å². The number of nitrogens with zero attached hydrogens (tertiary/aromatic N) is 5. The molecule has 0 atom stereocenters. The van der Waals surface area contributed by atoms with E-state index in [0.717, 1.165) is 11.3 Å². The van der Waals surface area contributed by atoms with E-state index in [1.165, 1.54) is 11.3 Å². The number of amides is 2. The van der Waals surface area contributed by atoms with Gasteiger partial charge in [-0.3, -0.25) is 9.59 Å². The molecule has 0 spiro atoms. The van der Waals surface area contributed by atoms with E-state index in [0.29, 0.717) is 23.5 Å². The standard InChI is InChI=1S/C20H18N6O2/c1-14-3-2-4-17(11-14)26-19(27)10-9-18(24-26)20(28)23-15-5-7-16(8-6-15)25-13-21-12-22-25/h2-8,11-13H,9-10H2,1H3,(H,23,28). The molecule has 0 unspecified atom stereocenters. The Kier molecular flexibility index (Phi) is 4.67. The summed E-state index contributed by atoms with van der Waals surface area (Å²) in [7, 11) is 0. The number of benzene rings is 2. The molecular formula is C20H18N6O2. The number of aromatic nitrogens is 3. The first-order valence-electron chi connectivity index (χ1n) is 8.84. The van der Waals surface area contributed by atoms with Crippen molar-refractivity contribution < 1.29 is 9.59 Å². The van der Waals surface area contributed by atoms with Crippen LogP contribution in [0, 0.1) is 6.92 Å². The fourth-order valence-corrected chi connectivity index (χ4v) is 2.92. The number of carbonyl (C=O) groups is 2. The average Bonchev–Trinajstić information content (AvgIpc) is 3.24. The largest absolute Gasteiger partial charge is 0.321 e. The summed E-state index contributed by atoms with van der Waals surface area (Å²) in [5.74, 6) is -0.446. The van der Waals surface area contributed by atoms with Gasteiger partial charge in [-0.25, -0.2) is 14.7 Å². The van der Waals surface area contributed by atoms with Crippen molar-refractivity contribution in [3.63, 3.8) is 0 Å². The Bertz CT molecular complexity index is 1040. The first-order chi connectivity index (χ1) is 13.6.